The molecule has 0 N–H and O–H groups in total. The minimum Gasteiger partial charge on any atom is -0.455 e. The summed E-state index contributed by atoms with van der Waals surface area (Å²) in [6, 6.07) is 1.60. The van der Waals surface area contributed by atoms with E-state index in [1.54, 1.807) is 12.3 Å². The van der Waals surface area contributed by atoms with Crippen molar-refractivity contribution in [1.82, 2.24) is 9.97 Å². The standard InChI is InChI=1S/C14H21N3O2/c1-14(2,3)19-12(18)11-7-8-15-13(16-11)17-9-5-4-6-10-17/h7-8H,4-6,9-10H2,1-3H3. The van der Waals surface area contributed by atoms with Crippen molar-refractivity contribution in [2.45, 2.75) is 45.6 Å². The number of carbonyl (C=O) groups excluding carboxylic acids is 1. The summed E-state index contributed by atoms with van der Waals surface area (Å²) >= 11 is 0. The van der Waals surface area contributed by atoms with Gasteiger partial charge in [0.15, 0.2) is 5.69 Å². The second kappa shape index (κ2) is 5.55. The van der Waals surface area contributed by atoms with Crippen LogP contribution in [0.25, 0.3) is 0 Å². The van der Waals surface area contributed by atoms with Crippen molar-refractivity contribution in [3.8, 4) is 0 Å². The topological polar surface area (TPSA) is 55.3 Å². The number of esters is 1. The van der Waals surface area contributed by atoms with Gasteiger partial charge in [-0.2, -0.15) is 0 Å². The third-order valence-electron chi connectivity index (χ3n) is 2.89. The lowest BCUT2D eigenvalue weighted by Crippen LogP contribution is -2.31. The Labute approximate surface area is 114 Å². The van der Waals surface area contributed by atoms with E-state index in [9.17, 15) is 4.79 Å². The molecule has 2 rings (SSSR count). The zero-order valence-corrected chi connectivity index (χ0v) is 11.8. The van der Waals surface area contributed by atoms with Gasteiger partial charge in [0.1, 0.15) is 5.60 Å². The van der Waals surface area contributed by atoms with Gasteiger partial charge in [-0.15, -0.1) is 0 Å². The molecule has 0 bridgehead atoms. The molecule has 1 aromatic rings. The summed E-state index contributed by atoms with van der Waals surface area (Å²) in [5, 5.41) is 0. The molecule has 0 atom stereocenters. The predicted octanol–water partition coefficient (Wildman–Crippen LogP) is 2.42. The quantitative estimate of drug-likeness (QED) is 0.767. The van der Waals surface area contributed by atoms with Crippen LogP contribution < -0.4 is 4.90 Å². The summed E-state index contributed by atoms with van der Waals surface area (Å²) in [5.41, 5.74) is -0.182. The highest BCUT2D eigenvalue weighted by Gasteiger charge is 2.20. The number of aromatic nitrogens is 2. The second-order valence-electron chi connectivity index (χ2n) is 5.79. The van der Waals surface area contributed by atoms with Crippen LogP contribution in [0, 0.1) is 0 Å². The number of rotatable bonds is 2. The molecule has 0 aliphatic carbocycles. The van der Waals surface area contributed by atoms with Gasteiger partial charge in [0.05, 0.1) is 0 Å². The first kappa shape index (κ1) is 13.8. The number of nitrogens with zero attached hydrogens (tertiary/aromatic N) is 3. The summed E-state index contributed by atoms with van der Waals surface area (Å²) in [4.78, 5) is 22.7. The number of ether oxygens (including phenoxy) is 1. The fraction of sp³-hybridized carbons (Fsp3) is 0.643. The van der Waals surface area contributed by atoms with E-state index < -0.39 is 11.6 Å². The maximum atomic E-state index is 12.0. The average molecular weight is 263 g/mol. The van der Waals surface area contributed by atoms with Gasteiger partial charge in [0, 0.05) is 19.3 Å². The van der Waals surface area contributed by atoms with Crippen molar-refractivity contribution in [2.24, 2.45) is 0 Å². The van der Waals surface area contributed by atoms with E-state index >= 15 is 0 Å². The molecule has 19 heavy (non-hydrogen) atoms. The molecule has 5 nitrogen and oxygen atoms in total. The lowest BCUT2D eigenvalue weighted by Gasteiger charge is -2.26. The Morgan fingerprint density at radius 1 is 1.26 bits per heavy atom. The van der Waals surface area contributed by atoms with Gasteiger partial charge in [0.2, 0.25) is 5.95 Å². The highest BCUT2D eigenvalue weighted by Crippen LogP contribution is 2.16. The van der Waals surface area contributed by atoms with Gasteiger partial charge in [0.25, 0.3) is 0 Å². The third-order valence-corrected chi connectivity index (χ3v) is 2.89. The first-order valence-electron chi connectivity index (χ1n) is 6.77. The Morgan fingerprint density at radius 3 is 2.58 bits per heavy atom. The van der Waals surface area contributed by atoms with Crippen molar-refractivity contribution in [2.75, 3.05) is 18.0 Å². The number of hydrogen-bond acceptors (Lipinski definition) is 5. The van der Waals surface area contributed by atoms with Crippen LogP contribution in [0.2, 0.25) is 0 Å². The molecule has 1 fully saturated rings. The summed E-state index contributed by atoms with van der Waals surface area (Å²) in [6.45, 7) is 7.45. The van der Waals surface area contributed by atoms with Crippen molar-refractivity contribution in [1.29, 1.82) is 0 Å². The molecule has 1 aliphatic heterocycles. The number of hydrogen-bond donors (Lipinski definition) is 0. The second-order valence-corrected chi connectivity index (χ2v) is 5.79. The van der Waals surface area contributed by atoms with Crippen LogP contribution in [0.4, 0.5) is 5.95 Å². The van der Waals surface area contributed by atoms with Crippen molar-refractivity contribution in [3.05, 3.63) is 18.0 Å². The molecule has 1 aliphatic rings. The number of carbonyl (C=O) groups is 1. The first-order chi connectivity index (χ1) is 8.96. The molecule has 5 heteroatoms. The van der Waals surface area contributed by atoms with E-state index in [2.05, 4.69) is 14.9 Å². The minimum absolute atomic E-state index is 0.325. The zero-order valence-electron chi connectivity index (χ0n) is 11.8. The molecule has 104 valence electrons. The van der Waals surface area contributed by atoms with E-state index in [4.69, 9.17) is 4.74 Å². The van der Waals surface area contributed by atoms with Crippen molar-refractivity contribution < 1.29 is 9.53 Å². The highest BCUT2D eigenvalue weighted by atomic mass is 16.6. The van der Waals surface area contributed by atoms with Gasteiger partial charge >= 0.3 is 5.97 Å². The Hall–Kier alpha value is -1.65. The van der Waals surface area contributed by atoms with Gasteiger partial charge in [-0.05, 0) is 46.1 Å². The normalized spacial score (nSPS) is 16.3. The highest BCUT2D eigenvalue weighted by molar-refractivity contribution is 5.87. The summed E-state index contributed by atoms with van der Waals surface area (Å²) < 4.78 is 5.32. The van der Waals surface area contributed by atoms with E-state index in [-0.39, 0.29) is 0 Å². The molecule has 0 radical (unpaired) electrons. The first-order valence-corrected chi connectivity index (χ1v) is 6.77. The predicted molar refractivity (Wildman–Crippen MR) is 73.3 cm³/mol. The Bertz CT molecular complexity index is 448. The fourth-order valence-corrected chi connectivity index (χ4v) is 2.04. The van der Waals surface area contributed by atoms with Crippen LogP contribution >= 0.6 is 0 Å². The Morgan fingerprint density at radius 2 is 1.95 bits per heavy atom. The molecule has 0 saturated carbocycles. The lowest BCUT2D eigenvalue weighted by molar-refractivity contribution is 0.00627. The van der Waals surface area contributed by atoms with Crippen LogP contribution in [0.5, 0.6) is 0 Å². The van der Waals surface area contributed by atoms with E-state index in [0.29, 0.717) is 11.6 Å². The molecular formula is C14H21N3O2. The maximum Gasteiger partial charge on any atom is 0.357 e. The summed E-state index contributed by atoms with van der Waals surface area (Å²) in [7, 11) is 0. The lowest BCUT2D eigenvalue weighted by atomic mass is 10.1. The maximum absolute atomic E-state index is 12.0. The van der Waals surface area contributed by atoms with Gasteiger partial charge in [-0.25, -0.2) is 14.8 Å². The van der Waals surface area contributed by atoms with Gasteiger partial charge < -0.3 is 9.64 Å². The zero-order chi connectivity index (χ0) is 13.9. The largest absolute Gasteiger partial charge is 0.455 e. The molecule has 0 amide bonds. The van der Waals surface area contributed by atoms with E-state index in [0.717, 1.165) is 25.9 Å². The molecule has 0 aromatic carbocycles. The van der Waals surface area contributed by atoms with Crippen LogP contribution in [0.15, 0.2) is 12.3 Å². The van der Waals surface area contributed by atoms with Gasteiger partial charge in [-0.3, -0.25) is 0 Å². The monoisotopic (exact) mass is 263 g/mol. The SMILES string of the molecule is CC(C)(C)OC(=O)c1ccnc(N2CCCCC2)n1. The minimum atomic E-state index is -0.507. The summed E-state index contributed by atoms with van der Waals surface area (Å²) in [6.07, 6.45) is 5.18. The van der Waals surface area contributed by atoms with E-state index in [1.165, 1.54) is 6.42 Å². The molecule has 0 unspecified atom stereocenters. The van der Waals surface area contributed by atoms with E-state index in [1.807, 2.05) is 20.8 Å². The Kier molecular flexibility index (Phi) is 4.02. The molecular weight excluding hydrogens is 242 g/mol. The number of piperidine rings is 1. The van der Waals surface area contributed by atoms with Gasteiger partial charge in [-0.1, -0.05) is 0 Å². The molecule has 1 aromatic heterocycles. The average Bonchev–Trinajstić information content (AvgIpc) is 2.38. The number of anilines is 1. The smallest absolute Gasteiger partial charge is 0.357 e. The summed E-state index contributed by atoms with van der Waals surface area (Å²) in [5.74, 6) is 0.233. The van der Waals surface area contributed by atoms with Crippen LogP contribution in [0.1, 0.15) is 50.5 Å². The molecule has 1 saturated heterocycles. The molecule has 2 heterocycles. The van der Waals surface area contributed by atoms with Crippen LogP contribution in [0.3, 0.4) is 0 Å². The third kappa shape index (κ3) is 3.91. The van der Waals surface area contributed by atoms with Crippen LogP contribution in [-0.4, -0.2) is 34.6 Å². The van der Waals surface area contributed by atoms with Crippen molar-refractivity contribution >= 4 is 11.9 Å². The van der Waals surface area contributed by atoms with Crippen molar-refractivity contribution in [3.63, 3.8) is 0 Å². The Balaban J connectivity index is 2.12. The molecule has 0 spiro atoms. The fourth-order valence-electron chi connectivity index (χ4n) is 2.04. The van der Waals surface area contributed by atoms with Crippen LogP contribution in [-0.2, 0) is 4.74 Å².